The number of benzene rings is 3. The Morgan fingerprint density at radius 2 is 1.57 bits per heavy atom. The number of nitrogens with zero attached hydrogens (tertiary/aromatic N) is 3. The monoisotopic (exact) mass is 485 g/mol. The van der Waals surface area contributed by atoms with Crippen molar-refractivity contribution in [3.63, 3.8) is 0 Å². The van der Waals surface area contributed by atoms with Crippen molar-refractivity contribution >= 4 is 21.6 Å². The van der Waals surface area contributed by atoms with E-state index in [1.165, 1.54) is 22.3 Å². The Bertz CT molecular complexity index is 1250. The highest BCUT2D eigenvalue weighted by atomic mass is 32.1. The molecule has 3 aromatic carbocycles. The summed E-state index contributed by atoms with van der Waals surface area (Å²) in [4.78, 5) is 9.34. The molecule has 0 amide bonds. The van der Waals surface area contributed by atoms with Crippen LogP contribution in [0, 0.1) is 0 Å². The average Bonchev–Trinajstić information content (AvgIpc) is 3.32. The van der Waals surface area contributed by atoms with Gasteiger partial charge in [0.25, 0.3) is 0 Å². The van der Waals surface area contributed by atoms with Crippen molar-refractivity contribution in [3.05, 3.63) is 94.5 Å². The number of fused-ring (bicyclic) bond motifs is 3. The molecule has 1 N–H and O–H groups in total. The van der Waals surface area contributed by atoms with Gasteiger partial charge < -0.3 is 9.84 Å². The van der Waals surface area contributed by atoms with E-state index < -0.39 is 6.10 Å². The van der Waals surface area contributed by atoms with Gasteiger partial charge in [-0.2, -0.15) is 0 Å². The number of aryl methyl sites for hydroxylation is 2. The van der Waals surface area contributed by atoms with Crippen molar-refractivity contribution in [3.8, 4) is 5.75 Å². The van der Waals surface area contributed by atoms with Crippen LogP contribution < -0.4 is 4.74 Å². The second-order valence-electron chi connectivity index (χ2n) is 9.56. The number of thiazole rings is 1. The SMILES string of the molecule is OC(COc1cccc2ncsc12)CN1CCN(C2c3ccccc3CCc3ccccc32)CC1. The maximum atomic E-state index is 10.7. The molecule has 1 aliphatic heterocycles. The fraction of sp³-hybridized carbons (Fsp3) is 0.345. The molecule has 1 fully saturated rings. The third kappa shape index (κ3) is 4.71. The van der Waals surface area contributed by atoms with Gasteiger partial charge in [0.05, 0.1) is 21.8 Å². The Morgan fingerprint density at radius 1 is 0.886 bits per heavy atom. The summed E-state index contributed by atoms with van der Waals surface area (Å²) in [5.74, 6) is 0.805. The molecular formula is C29H31N3O2S. The number of ether oxygens (including phenoxy) is 1. The molecule has 0 radical (unpaired) electrons. The fourth-order valence-electron chi connectivity index (χ4n) is 5.60. The van der Waals surface area contributed by atoms with Gasteiger partial charge in [0.1, 0.15) is 18.5 Å². The lowest BCUT2D eigenvalue weighted by atomic mass is 9.92. The van der Waals surface area contributed by atoms with Crippen LogP contribution in [0.5, 0.6) is 5.75 Å². The topological polar surface area (TPSA) is 48.8 Å². The predicted molar refractivity (Wildman–Crippen MR) is 141 cm³/mol. The van der Waals surface area contributed by atoms with Crippen LogP contribution in [0.4, 0.5) is 0 Å². The molecule has 1 unspecified atom stereocenters. The molecule has 0 spiro atoms. The van der Waals surface area contributed by atoms with Gasteiger partial charge in [-0.15, -0.1) is 11.3 Å². The molecule has 1 saturated heterocycles. The van der Waals surface area contributed by atoms with Gasteiger partial charge in [0.15, 0.2) is 0 Å². The van der Waals surface area contributed by atoms with Crippen molar-refractivity contribution in [2.45, 2.75) is 25.0 Å². The van der Waals surface area contributed by atoms with E-state index in [1.807, 2.05) is 23.7 Å². The van der Waals surface area contributed by atoms with Gasteiger partial charge in [-0.1, -0.05) is 54.6 Å². The van der Waals surface area contributed by atoms with Crippen molar-refractivity contribution in [2.75, 3.05) is 39.3 Å². The molecule has 1 aliphatic carbocycles. The lowest BCUT2D eigenvalue weighted by Crippen LogP contribution is -2.50. The summed E-state index contributed by atoms with van der Waals surface area (Å²) in [5.41, 5.74) is 8.63. The van der Waals surface area contributed by atoms with Crippen LogP contribution in [0.3, 0.4) is 0 Å². The number of aliphatic hydroxyl groups is 1. The summed E-state index contributed by atoms with van der Waals surface area (Å²) in [6.07, 6.45) is 1.68. The number of β-amino-alcohol motifs (C(OH)–C–C–N with tert-alkyl or cyclic N) is 1. The minimum atomic E-state index is -0.524. The molecule has 6 heteroatoms. The van der Waals surface area contributed by atoms with Crippen LogP contribution in [-0.2, 0) is 12.8 Å². The average molecular weight is 486 g/mol. The number of aliphatic hydroxyl groups excluding tert-OH is 1. The summed E-state index contributed by atoms with van der Waals surface area (Å²) in [7, 11) is 0. The lowest BCUT2D eigenvalue weighted by Gasteiger charge is -2.40. The molecular weight excluding hydrogens is 454 g/mol. The van der Waals surface area contributed by atoms with Crippen LogP contribution >= 0.6 is 11.3 Å². The quantitative estimate of drug-likeness (QED) is 0.435. The minimum absolute atomic E-state index is 0.292. The van der Waals surface area contributed by atoms with Gasteiger partial charge in [-0.3, -0.25) is 9.80 Å². The summed E-state index contributed by atoms with van der Waals surface area (Å²) in [6, 6.07) is 24.1. The summed E-state index contributed by atoms with van der Waals surface area (Å²) < 4.78 is 7.01. The Kier molecular flexibility index (Phi) is 6.53. The molecule has 4 aromatic rings. The van der Waals surface area contributed by atoms with Crippen LogP contribution in [-0.4, -0.2) is 65.3 Å². The van der Waals surface area contributed by atoms with Crippen LogP contribution in [0.25, 0.3) is 10.2 Å². The normalized spacial score (nSPS) is 18.1. The predicted octanol–water partition coefficient (Wildman–Crippen LogP) is 4.54. The van der Waals surface area contributed by atoms with E-state index in [1.54, 1.807) is 11.3 Å². The van der Waals surface area contributed by atoms with Gasteiger partial charge in [0.2, 0.25) is 0 Å². The summed E-state index contributed by atoms with van der Waals surface area (Å²) >= 11 is 1.57. The molecule has 0 bridgehead atoms. The second kappa shape index (κ2) is 10.1. The van der Waals surface area contributed by atoms with E-state index in [-0.39, 0.29) is 0 Å². The Labute approximate surface area is 210 Å². The Balaban J connectivity index is 1.10. The molecule has 1 aromatic heterocycles. The first-order chi connectivity index (χ1) is 17.3. The highest BCUT2D eigenvalue weighted by Crippen LogP contribution is 2.37. The fourth-order valence-corrected chi connectivity index (χ4v) is 6.36. The zero-order valence-corrected chi connectivity index (χ0v) is 20.7. The van der Waals surface area contributed by atoms with Crippen molar-refractivity contribution in [2.24, 2.45) is 0 Å². The van der Waals surface area contributed by atoms with Gasteiger partial charge >= 0.3 is 0 Å². The largest absolute Gasteiger partial charge is 0.489 e. The van der Waals surface area contributed by atoms with E-state index in [0.717, 1.165) is 55.0 Å². The molecule has 0 saturated carbocycles. The number of rotatable bonds is 6. The molecule has 35 heavy (non-hydrogen) atoms. The molecule has 180 valence electrons. The second-order valence-corrected chi connectivity index (χ2v) is 10.4. The van der Waals surface area contributed by atoms with E-state index >= 15 is 0 Å². The highest BCUT2D eigenvalue weighted by molar-refractivity contribution is 7.17. The van der Waals surface area contributed by atoms with E-state index in [0.29, 0.717) is 19.2 Å². The highest BCUT2D eigenvalue weighted by Gasteiger charge is 2.31. The van der Waals surface area contributed by atoms with E-state index in [2.05, 4.69) is 63.3 Å². The number of aromatic nitrogens is 1. The number of hydrogen-bond donors (Lipinski definition) is 1. The molecule has 1 atom stereocenters. The first kappa shape index (κ1) is 22.7. The van der Waals surface area contributed by atoms with E-state index in [4.69, 9.17) is 4.74 Å². The Hall–Kier alpha value is -2.77. The molecule has 2 heterocycles. The van der Waals surface area contributed by atoms with Crippen LogP contribution in [0.1, 0.15) is 28.3 Å². The van der Waals surface area contributed by atoms with Crippen molar-refractivity contribution < 1.29 is 9.84 Å². The van der Waals surface area contributed by atoms with Crippen LogP contribution in [0.2, 0.25) is 0 Å². The van der Waals surface area contributed by atoms with Crippen molar-refractivity contribution in [1.82, 2.24) is 14.8 Å². The van der Waals surface area contributed by atoms with Crippen molar-refractivity contribution in [1.29, 1.82) is 0 Å². The first-order valence-corrected chi connectivity index (χ1v) is 13.4. The van der Waals surface area contributed by atoms with Gasteiger partial charge in [0, 0.05) is 32.7 Å². The summed E-state index contributed by atoms with van der Waals surface area (Å²) in [6.45, 7) is 4.79. The molecule has 2 aliphatic rings. The Morgan fingerprint density at radius 3 is 2.29 bits per heavy atom. The van der Waals surface area contributed by atoms with Gasteiger partial charge in [-0.25, -0.2) is 4.98 Å². The zero-order valence-electron chi connectivity index (χ0n) is 19.8. The number of piperazine rings is 1. The standard InChI is InChI=1S/C29H31N3O2S/c33-23(19-34-27-11-5-10-26-29(27)35-20-30-26)18-31-14-16-32(17-15-31)28-24-8-3-1-6-21(24)12-13-22-7-2-4-9-25(22)28/h1-11,20,23,28,33H,12-19H2. The summed E-state index contributed by atoms with van der Waals surface area (Å²) in [5, 5.41) is 10.7. The number of hydrogen-bond acceptors (Lipinski definition) is 6. The molecule has 5 nitrogen and oxygen atoms in total. The third-order valence-corrected chi connectivity index (χ3v) is 8.21. The van der Waals surface area contributed by atoms with Gasteiger partial charge in [-0.05, 0) is 47.2 Å². The zero-order chi connectivity index (χ0) is 23.6. The molecule has 6 rings (SSSR count). The maximum absolute atomic E-state index is 10.7. The van der Waals surface area contributed by atoms with E-state index in [9.17, 15) is 5.11 Å². The lowest BCUT2D eigenvalue weighted by molar-refractivity contribution is 0.0404. The third-order valence-electron chi connectivity index (χ3n) is 7.36. The van der Waals surface area contributed by atoms with Crippen LogP contribution in [0.15, 0.2) is 72.2 Å². The minimum Gasteiger partial charge on any atom is -0.489 e. The smallest absolute Gasteiger partial charge is 0.138 e. The first-order valence-electron chi connectivity index (χ1n) is 12.5. The maximum Gasteiger partial charge on any atom is 0.138 e.